The first-order chi connectivity index (χ1) is 8.29. The molecule has 0 radical (unpaired) electrons. The SMILES string of the molecule is Cl.NCCc1nc(COc2ccccc2F)no1. The Hall–Kier alpha value is -1.66. The van der Waals surface area contributed by atoms with Crippen LogP contribution in [0.3, 0.4) is 0 Å². The summed E-state index contributed by atoms with van der Waals surface area (Å²) >= 11 is 0. The fourth-order valence-electron chi connectivity index (χ4n) is 1.28. The lowest BCUT2D eigenvalue weighted by Crippen LogP contribution is -2.03. The molecule has 0 aliphatic carbocycles. The highest BCUT2D eigenvalue weighted by Crippen LogP contribution is 2.16. The maximum atomic E-state index is 13.2. The van der Waals surface area contributed by atoms with Crippen LogP contribution in [0.15, 0.2) is 28.8 Å². The number of para-hydroxylation sites is 1. The Morgan fingerprint density at radius 3 is 2.83 bits per heavy atom. The van der Waals surface area contributed by atoms with Crippen molar-refractivity contribution in [2.45, 2.75) is 13.0 Å². The van der Waals surface area contributed by atoms with Crippen LogP contribution in [-0.2, 0) is 13.0 Å². The molecule has 0 fully saturated rings. The van der Waals surface area contributed by atoms with Gasteiger partial charge in [0.1, 0.15) is 0 Å². The number of hydrogen-bond acceptors (Lipinski definition) is 5. The van der Waals surface area contributed by atoms with E-state index in [2.05, 4.69) is 10.1 Å². The summed E-state index contributed by atoms with van der Waals surface area (Å²) in [5.41, 5.74) is 5.35. The average Bonchev–Trinajstić information content (AvgIpc) is 2.76. The number of benzene rings is 1. The van der Waals surface area contributed by atoms with E-state index in [1.54, 1.807) is 12.1 Å². The van der Waals surface area contributed by atoms with E-state index in [1.165, 1.54) is 12.1 Å². The molecule has 5 nitrogen and oxygen atoms in total. The van der Waals surface area contributed by atoms with Gasteiger partial charge in [0.05, 0.1) is 0 Å². The summed E-state index contributed by atoms with van der Waals surface area (Å²) in [5, 5.41) is 3.69. The van der Waals surface area contributed by atoms with Crippen molar-refractivity contribution < 1.29 is 13.7 Å². The zero-order valence-electron chi connectivity index (χ0n) is 9.51. The summed E-state index contributed by atoms with van der Waals surface area (Å²) in [6, 6.07) is 6.14. The normalized spacial score (nSPS) is 9.89. The number of aromatic nitrogens is 2. The topological polar surface area (TPSA) is 74.2 Å². The van der Waals surface area contributed by atoms with Gasteiger partial charge in [-0.25, -0.2) is 4.39 Å². The third kappa shape index (κ3) is 3.68. The molecule has 1 aromatic carbocycles. The summed E-state index contributed by atoms with van der Waals surface area (Å²) in [6.45, 7) is 0.505. The minimum Gasteiger partial charge on any atom is -0.482 e. The smallest absolute Gasteiger partial charge is 0.228 e. The molecule has 0 atom stereocenters. The first-order valence-corrected chi connectivity index (χ1v) is 5.18. The molecule has 0 amide bonds. The van der Waals surface area contributed by atoms with Crippen LogP contribution in [0, 0.1) is 5.82 Å². The first-order valence-electron chi connectivity index (χ1n) is 5.18. The van der Waals surface area contributed by atoms with Crippen LogP contribution in [0.2, 0.25) is 0 Å². The van der Waals surface area contributed by atoms with Crippen molar-refractivity contribution in [3.63, 3.8) is 0 Å². The van der Waals surface area contributed by atoms with Gasteiger partial charge in [-0.15, -0.1) is 12.4 Å². The van der Waals surface area contributed by atoms with Gasteiger partial charge in [0.2, 0.25) is 11.7 Å². The lowest BCUT2D eigenvalue weighted by molar-refractivity contribution is 0.272. The number of ether oxygens (including phenoxy) is 1. The summed E-state index contributed by atoms with van der Waals surface area (Å²) in [4.78, 5) is 4.04. The molecule has 1 aromatic heterocycles. The standard InChI is InChI=1S/C11H12FN3O2.ClH/c12-8-3-1-2-4-9(8)16-7-10-14-11(5-6-13)17-15-10;/h1-4H,5-7,13H2;1H. The van der Waals surface area contributed by atoms with Crippen molar-refractivity contribution in [1.29, 1.82) is 0 Å². The van der Waals surface area contributed by atoms with Crippen molar-refractivity contribution in [2.24, 2.45) is 5.73 Å². The van der Waals surface area contributed by atoms with E-state index in [9.17, 15) is 4.39 Å². The second-order valence-electron chi connectivity index (χ2n) is 3.36. The highest BCUT2D eigenvalue weighted by Gasteiger charge is 2.07. The highest BCUT2D eigenvalue weighted by molar-refractivity contribution is 5.85. The quantitative estimate of drug-likeness (QED) is 0.898. The second kappa shape index (κ2) is 6.93. The van der Waals surface area contributed by atoms with Crippen LogP contribution in [0.4, 0.5) is 4.39 Å². The van der Waals surface area contributed by atoms with E-state index in [0.29, 0.717) is 24.7 Å². The average molecular weight is 274 g/mol. The summed E-state index contributed by atoms with van der Waals surface area (Å²) in [5.74, 6) is 0.576. The Morgan fingerprint density at radius 2 is 2.11 bits per heavy atom. The molecule has 0 aliphatic heterocycles. The molecular weight excluding hydrogens is 261 g/mol. The number of halogens is 2. The molecule has 1 heterocycles. The monoisotopic (exact) mass is 273 g/mol. The summed E-state index contributed by atoms with van der Waals surface area (Å²) < 4.78 is 23.3. The van der Waals surface area contributed by atoms with E-state index in [1.807, 2.05) is 0 Å². The first kappa shape index (κ1) is 14.4. The van der Waals surface area contributed by atoms with Crippen molar-refractivity contribution >= 4 is 12.4 Å². The molecular formula is C11H13ClFN3O2. The van der Waals surface area contributed by atoms with Gasteiger partial charge >= 0.3 is 0 Å². The molecule has 0 saturated carbocycles. The molecule has 18 heavy (non-hydrogen) atoms. The third-order valence-electron chi connectivity index (χ3n) is 2.06. The van der Waals surface area contributed by atoms with Gasteiger partial charge in [0.25, 0.3) is 0 Å². The molecule has 2 rings (SSSR count). The van der Waals surface area contributed by atoms with Gasteiger partial charge in [-0.05, 0) is 12.1 Å². The molecule has 0 bridgehead atoms. The predicted molar refractivity (Wildman–Crippen MR) is 65.0 cm³/mol. The van der Waals surface area contributed by atoms with Gasteiger partial charge in [-0.3, -0.25) is 0 Å². The zero-order chi connectivity index (χ0) is 12.1. The van der Waals surface area contributed by atoms with Gasteiger partial charge in [0.15, 0.2) is 18.2 Å². The van der Waals surface area contributed by atoms with Gasteiger partial charge < -0.3 is 15.0 Å². The lowest BCUT2D eigenvalue weighted by atomic mass is 10.3. The Bertz CT molecular complexity index is 493. The fourth-order valence-corrected chi connectivity index (χ4v) is 1.28. The largest absolute Gasteiger partial charge is 0.482 e. The molecule has 0 spiro atoms. The molecule has 0 unspecified atom stereocenters. The number of nitrogens with zero attached hydrogens (tertiary/aromatic N) is 2. The molecule has 98 valence electrons. The van der Waals surface area contributed by atoms with Crippen molar-refractivity contribution in [3.05, 3.63) is 41.8 Å². The van der Waals surface area contributed by atoms with Crippen LogP contribution < -0.4 is 10.5 Å². The van der Waals surface area contributed by atoms with Crippen molar-refractivity contribution in [2.75, 3.05) is 6.54 Å². The summed E-state index contributed by atoms with van der Waals surface area (Å²) in [6.07, 6.45) is 0.521. The summed E-state index contributed by atoms with van der Waals surface area (Å²) in [7, 11) is 0. The maximum Gasteiger partial charge on any atom is 0.228 e. The van der Waals surface area contributed by atoms with Crippen LogP contribution in [0.1, 0.15) is 11.7 Å². The lowest BCUT2D eigenvalue weighted by Gasteiger charge is -2.03. The number of hydrogen-bond donors (Lipinski definition) is 1. The van der Waals surface area contributed by atoms with Crippen LogP contribution in [-0.4, -0.2) is 16.7 Å². The fraction of sp³-hybridized carbons (Fsp3) is 0.273. The highest BCUT2D eigenvalue weighted by atomic mass is 35.5. The second-order valence-corrected chi connectivity index (χ2v) is 3.36. The minimum atomic E-state index is -0.418. The maximum absolute atomic E-state index is 13.2. The van der Waals surface area contributed by atoms with Gasteiger partial charge in [-0.2, -0.15) is 4.98 Å². The van der Waals surface area contributed by atoms with Crippen LogP contribution in [0.25, 0.3) is 0 Å². The van der Waals surface area contributed by atoms with E-state index in [0.717, 1.165) is 0 Å². The molecule has 0 aliphatic rings. The van der Waals surface area contributed by atoms with E-state index in [-0.39, 0.29) is 24.8 Å². The third-order valence-corrected chi connectivity index (χ3v) is 2.06. The van der Waals surface area contributed by atoms with E-state index < -0.39 is 5.82 Å². The Labute approximate surface area is 110 Å². The van der Waals surface area contributed by atoms with E-state index >= 15 is 0 Å². The Kier molecular flexibility index (Phi) is 5.54. The van der Waals surface area contributed by atoms with E-state index in [4.69, 9.17) is 15.0 Å². The van der Waals surface area contributed by atoms with Crippen molar-refractivity contribution in [1.82, 2.24) is 10.1 Å². The molecule has 2 aromatic rings. The Morgan fingerprint density at radius 1 is 1.33 bits per heavy atom. The molecule has 7 heteroatoms. The minimum absolute atomic E-state index is 0. The zero-order valence-corrected chi connectivity index (χ0v) is 10.3. The number of rotatable bonds is 5. The molecule has 0 saturated heterocycles. The van der Waals surface area contributed by atoms with Gasteiger partial charge in [0, 0.05) is 13.0 Å². The number of nitrogens with two attached hydrogens (primary N) is 1. The predicted octanol–water partition coefficient (Wildman–Crippen LogP) is 1.71. The van der Waals surface area contributed by atoms with Crippen LogP contribution in [0.5, 0.6) is 5.75 Å². The molecule has 2 N–H and O–H groups in total. The Balaban J connectivity index is 0.00000162. The van der Waals surface area contributed by atoms with Crippen LogP contribution >= 0.6 is 12.4 Å². The van der Waals surface area contributed by atoms with Gasteiger partial charge in [-0.1, -0.05) is 17.3 Å². The van der Waals surface area contributed by atoms with Crippen molar-refractivity contribution in [3.8, 4) is 5.75 Å².